The lowest BCUT2D eigenvalue weighted by Gasteiger charge is -2.18. The van der Waals surface area contributed by atoms with Gasteiger partial charge in [-0.1, -0.05) is 81.1 Å². The number of thioether (sulfide) groups is 1. The predicted molar refractivity (Wildman–Crippen MR) is 132 cm³/mol. The maximum atomic E-state index is 12.4. The lowest BCUT2D eigenvalue weighted by Crippen LogP contribution is -2.17. The van der Waals surface area contributed by atoms with Crippen molar-refractivity contribution in [1.82, 2.24) is 15.4 Å². The number of H-pyrrole nitrogens is 1. The van der Waals surface area contributed by atoms with Crippen LogP contribution in [0.4, 0.5) is 0 Å². The Hall–Kier alpha value is -3.38. The maximum Gasteiger partial charge on any atom is 0.271 e. The van der Waals surface area contributed by atoms with E-state index in [0.29, 0.717) is 5.56 Å². The average Bonchev–Trinajstić information content (AvgIpc) is 3.21. The van der Waals surface area contributed by atoms with Gasteiger partial charge in [0.2, 0.25) is 0 Å². The van der Waals surface area contributed by atoms with Crippen LogP contribution in [0.15, 0.2) is 83.1 Å². The lowest BCUT2D eigenvalue weighted by atomic mass is 9.87. The van der Waals surface area contributed by atoms with Crippen LogP contribution < -0.4 is 5.43 Å². The number of aromatic nitrogens is 2. The Morgan fingerprint density at radius 2 is 1.75 bits per heavy atom. The van der Waals surface area contributed by atoms with Crippen LogP contribution in [-0.4, -0.2) is 22.1 Å². The minimum atomic E-state index is -0.232. The number of aromatic amines is 1. The Kier molecular flexibility index (Phi) is 6.42. The summed E-state index contributed by atoms with van der Waals surface area (Å²) in [4.78, 5) is 20.3. The molecule has 0 aliphatic carbocycles. The highest BCUT2D eigenvalue weighted by molar-refractivity contribution is 7.98. The van der Waals surface area contributed by atoms with E-state index in [1.165, 1.54) is 5.56 Å². The predicted octanol–water partition coefficient (Wildman–Crippen LogP) is 5.92. The van der Waals surface area contributed by atoms with E-state index in [1.54, 1.807) is 18.0 Å². The zero-order valence-electron chi connectivity index (χ0n) is 18.4. The van der Waals surface area contributed by atoms with Crippen LogP contribution >= 0.6 is 11.8 Å². The SMILES string of the molecule is CC(C)(C)c1ccc(C=NNC(=O)c2ccc(CSc3nc4ccccc4[nH]3)cc2)cc1. The molecule has 1 amide bonds. The Labute approximate surface area is 192 Å². The third kappa shape index (κ3) is 5.45. The normalized spacial score (nSPS) is 11.8. The lowest BCUT2D eigenvalue weighted by molar-refractivity contribution is 0.0955. The molecule has 6 heteroatoms. The van der Waals surface area contributed by atoms with E-state index in [0.717, 1.165) is 33.1 Å². The van der Waals surface area contributed by atoms with E-state index in [2.05, 4.69) is 53.4 Å². The Morgan fingerprint density at radius 3 is 2.44 bits per heavy atom. The van der Waals surface area contributed by atoms with Crippen molar-refractivity contribution in [3.05, 3.63) is 95.1 Å². The minimum Gasteiger partial charge on any atom is -0.333 e. The van der Waals surface area contributed by atoms with Gasteiger partial charge in [-0.3, -0.25) is 4.79 Å². The monoisotopic (exact) mass is 442 g/mol. The van der Waals surface area contributed by atoms with E-state index in [1.807, 2.05) is 60.7 Å². The van der Waals surface area contributed by atoms with Crippen molar-refractivity contribution >= 4 is 34.9 Å². The molecule has 5 nitrogen and oxygen atoms in total. The molecule has 1 aromatic heterocycles. The van der Waals surface area contributed by atoms with Gasteiger partial charge in [0.05, 0.1) is 17.2 Å². The summed E-state index contributed by atoms with van der Waals surface area (Å²) < 4.78 is 0. The molecule has 0 saturated heterocycles. The third-order valence-corrected chi connectivity index (χ3v) is 6.06. The zero-order valence-corrected chi connectivity index (χ0v) is 19.2. The standard InChI is InChI=1S/C26H26N4OS/c1-26(2,3)21-14-10-18(11-15-21)16-27-30-24(31)20-12-8-19(9-13-20)17-32-25-28-22-6-4-5-7-23(22)29-25/h4-16H,17H2,1-3H3,(H,28,29)(H,30,31). The number of hydrogen-bond acceptors (Lipinski definition) is 4. The fourth-order valence-corrected chi connectivity index (χ4v) is 4.04. The molecule has 0 atom stereocenters. The van der Waals surface area contributed by atoms with Crippen molar-refractivity contribution in [2.24, 2.45) is 5.10 Å². The first-order valence-corrected chi connectivity index (χ1v) is 11.5. The van der Waals surface area contributed by atoms with Crippen LogP contribution in [0.2, 0.25) is 0 Å². The first kappa shape index (κ1) is 21.8. The topological polar surface area (TPSA) is 70.1 Å². The van der Waals surface area contributed by atoms with Crippen LogP contribution in [-0.2, 0) is 11.2 Å². The molecule has 3 aromatic carbocycles. The molecule has 4 aromatic rings. The molecule has 4 rings (SSSR count). The second-order valence-electron chi connectivity index (χ2n) is 8.62. The van der Waals surface area contributed by atoms with Gasteiger partial charge < -0.3 is 4.98 Å². The largest absolute Gasteiger partial charge is 0.333 e. The third-order valence-electron chi connectivity index (χ3n) is 5.12. The number of carbonyl (C=O) groups excluding carboxylic acids is 1. The van der Waals surface area contributed by atoms with E-state index < -0.39 is 0 Å². The number of hydrazone groups is 1. The van der Waals surface area contributed by atoms with Gasteiger partial charge in [-0.05, 0) is 46.4 Å². The molecule has 0 fully saturated rings. The van der Waals surface area contributed by atoms with Gasteiger partial charge in [0.25, 0.3) is 5.91 Å². The number of rotatable bonds is 6. The summed E-state index contributed by atoms with van der Waals surface area (Å²) in [6.45, 7) is 6.54. The van der Waals surface area contributed by atoms with E-state index in [9.17, 15) is 4.79 Å². The number of para-hydroxylation sites is 2. The van der Waals surface area contributed by atoms with E-state index >= 15 is 0 Å². The van der Waals surface area contributed by atoms with E-state index in [-0.39, 0.29) is 11.3 Å². The van der Waals surface area contributed by atoms with Gasteiger partial charge in [0.15, 0.2) is 5.16 Å². The van der Waals surface area contributed by atoms with Crippen LogP contribution in [0.1, 0.15) is 47.8 Å². The molecule has 2 N–H and O–H groups in total. The Morgan fingerprint density at radius 1 is 1.03 bits per heavy atom. The molecule has 1 heterocycles. The number of hydrogen-bond donors (Lipinski definition) is 2. The van der Waals surface area contributed by atoms with Crippen molar-refractivity contribution in [2.45, 2.75) is 37.1 Å². The molecule has 0 saturated carbocycles. The number of nitrogens with zero attached hydrogens (tertiary/aromatic N) is 2. The highest BCUT2D eigenvalue weighted by Gasteiger charge is 2.12. The highest BCUT2D eigenvalue weighted by Crippen LogP contribution is 2.23. The van der Waals surface area contributed by atoms with Crippen LogP contribution in [0.5, 0.6) is 0 Å². The first-order chi connectivity index (χ1) is 15.4. The number of carbonyl (C=O) groups is 1. The number of benzene rings is 3. The summed E-state index contributed by atoms with van der Waals surface area (Å²) in [6, 6.07) is 23.7. The average molecular weight is 443 g/mol. The number of nitrogens with one attached hydrogen (secondary N) is 2. The molecule has 0 spiro atoms. The van der Waals surface area contributed by atoms with Gasteiger partial charge >= 0.3 is 0 Å². The number of amides is 1. The van der Waals surface area contributed by atoms with Crippen molar-refractivity contribution in [1.29, 1.82) is 0 Å². The van der Waals surface area contributed by atoms with Gasteiger partial charge in [-0.2, -0.15) is 5.10 Å². The summed E-state index contributed by atoms with van der Waals surface area (Å²) in [5, 5.41) is 4.97. The molecule has 0 radical (unpaired) electrons. The molecule has 32 heavy (non-hydrogen) atoms. The first-order valence-electron chi connectivity index (χ1n) is 10.5. The summed E-state index contributed by atoms with van der Waals surface area (Å²) in [5.74, 6) is 0.536. The molecule has 0 aliphatic rings. The van der Waals surface area contributed by atoms with Gasteiger partial charge in [-0.25, -0.2) is 10.4 Å². The summed E-state index contributed by atoms with van der Waals surface area (Å²) in [7, 11) is 0. The van der Waals surface area contributed by atoms with Crippen molar-refractivity contribution < 1.29 is 4.79 Å². The molecule has 0 unspecified atom stereocenters. The van der Waals surface area contributed by atoms with Crippen LogP contribution in [0.3, 0.4) is 0 Å². The van der Waals surface area contributed by atoms with Gasteiger partial charge in [-0.15, -0.1) is 0 Å². The summed E-state index contributed by atoms with van der Waals surface area (Å²) in [6.07, 6.45) is 1.66. The van der Waals surface area contributed by atoms with Crippen molar-refractivity contribution in [2.75, 3.05) is 0 Å². The van der Waals surface area contributed by atoms with Gasteiger partial charge in [0, 0.05) is 11.3 Å². The Balaban J connectivity index is 1.30. The second kappa shape index (κ2) is 9.40. The minimum absolute atomic E-state index is 0.112. The molecular weight excluding hydrogens is 416 g/mol. The molecule has 0 bridgehead atoms. The van der Waals surface area contributed by atoms with E-state index in [4.69, 9.17) is 0 Å². The van der Waals surface area contributed by atoms with Crippen LogP contribution in [0, 0.1) is 0 Å². The fourth-order valence-electron chi connectivity index (χ4n) is 3.20. The second-order valence-corrected chi connectivity index (χ2v) is 9.58. The van der Waals surface area contributed by atoms with Crippen molar-refractivity contribution in [3.8, 4) is 0 Å². The van der Waals surface area contributed by atoms with Crippen molar-refractivity contribution in [3.63, 3.8) is 0 Å². The Bertz CT molecular complexity index is 1200. The smallest absolute Gasteiger partial charge is 0.271 e. The maximum absolute atomic E-state index is 12.4. The van der Waals surface area contributed by atoms with Crippen LogP contribution in [0.25, 0.3) is 11.0 Å². The quantitative estimate of drug-likeness (QED) is 0.221. The number of imidazole rings is 1. The molecule has 0 aliphatic heterocycles. The summed E-state index contributed by atoms with van der Waals surface area (Å²) in [5.41, 5.74) is 8.60. The summed E-state index contributed by atoms with van der Waals surface area (Å²) >= 11 is 1.64. The molecule has 162 valence electrons. The zero-order chi connectivity index (χ0) is 22.6. The molecular formula is C26H26N4OS. The fraction of sp³-hybridized carbons (Fsp3) is 0.192. The van der Waals surface area contributed by atoms with Gasteiger partial charge in [0.1, 0.15) is 0 Å². The highest BCUT2D eigenvalue weighted by atomic mass is 32.2. The number of fused-ring (bicyclic) bond motifs is 1.